The van der Waals surface area contributed by atoms with Gasteiger partial charge in [0.05, 0.1) is 35.5 Å². The van der Waals surface area contributed by atoms with Gasteiger partial charge in [-0.1, -0.05) is 6.07 Å². The molecule has 5 rings (SSSR count). The van der Waals surface area contributed by atoms with Gasteiger partial charge in [0.2, 0.25) is 0 Å². The number of methoxy groups -OCH3 is 1. The second kappa shape index (κ2) is 9.86. The lowest BCUT2D eigenvalue weighted by atomic mass is 9.96. The van der Waals surface area contributed by atoms with Crippen LogP contribution in [0.15, 0.2) is 66.9 Å². The number of benzene rings is 2. The molecule has 10 heteroatoms. The molecule has 1 saturated heterocycles. The molecule has 0 radical (unpaired) electrons. The molecule has 1 N–H and O–H groups in total. The summed E-state index contributed by atoms with van der Waals surface area (Å²) in [6, 6.07) is 16.6. The molecule has 38 heavy (non-hydrogen) atoms. The predicted molar refractivity (Wildman–Crippen MR) is 148 cm³/mol. The van der Waals surface area contributed by atoms with Crippen LogP contribution in [0.1, 0.15) is 40.3 Å². The highest BCUT2D eigenvalue weighted by Gasteiger charge is 2.42. The van der Waals surface area contributed by atoms with Crippen LogP contribution in [0.2, 0.25) is 0 Å². The van der Waals surface area contributed by atoms with E-state index in [4.69, 9.17) is 17.0 Å². The van der Waals surface area contributed by atoms with Crippen molar-refractivity contribution in [2.24, 2.45) is 0 Å². The monoisotopic (exact) mass is 531 g/mol. The minimum atomic E-state index is -0.424. The Morgan fingerprint density at radius 1 is 1.11 bits per heavy atom. The number of nitro benzene ring substituents is 1. The third-order valence-electron chi connectivity index (χ3n) is 6.92. The molecule has 4 aromatic rings. The third kappa shape index (κ3) is 4.26. The van der Waals surface area contributed by atoms with Crippen LogP contribution < -0.4 is 15.0 Å². The molecule has 0 amide bonds. The maximum Gasteiger partial charge on any atom is 0.271 e. The van der Waals surface area contributed by atoms with E-state index in [2.05, 4.69) is 10.3 Å². The number of thiocarbonyl (C=S) groups is 1. The summed E-state index contributed by atoms with van der Waals surface area (Å²) in [6.45, 7) is 5.63. The zero-order valence-corrected chi connectivity index (χ0v) is 22.1. The van der Waals surface area contributed by atoms with Crippen LogP contribution in [0.25, 0.3) is 5.69 Å². The molecule has 3 heterocycles. The highest BCUT2D eigenvalue weighted by atomic mass is 32.1. The van der Waals surface area contributed by atoms with Crippen LogP contribution >= 0.6 is 12.2 Å². The van der Waals surface area contributed by atoms with Crippen LogP contribution in [0.4, 0.5) is 15.8 Å². The maximum absolute atomic E-state index is 14.2. The lowest BCUT2D eigenvalue weighted by Crippen LogP contribution is -2.29. The van der Waals surface area contributed by atoms with Crippen molar-refractivity contribution in [1.29, 1.82) is 0 Å². The molecule has 0 saturated carbocycles. The Labute approximate surface area is 224 Å². The minimum Gasteiger partial charge on any atom is -0.495 e. The molecule has 2 atom stereocenters. The molecule has 194 valence electrons. The van der Waals surface area contributed by atoms with Crippen LogP contribution in [0, 0.1) is 36.7 Å². The number of ether oxygens (including phenoxy) is 1. The van der Waals surface area contributed by atoms with E-state index in [9.17, 15) is 14.5 Å². The average molecular weight is 532 g/mol. The number of rotatable bonds is 6. The van der Waals surface area contributed by atoms with Gasteiger partial charge in [0.15, 0.2) is 5.11 Å². The van der Waals surface area contributed by atoms with Gasteiger partial charge in [-0.05, 0) is 86.6 Å². The predicted octanol–water partition coefficient (Wildman–Crippen LogP) is 6.03. The number of non-ortho nitro benzene ring substituents is 1. The number of aromatic nitrogens is 2. The van der Waals surface area contributed by atoms with E-state index in [0.717, 1.165) is 28.3 Å². The van der Waals surface area contributed by atoms with E-state index in [1.807, 2.05) is 47.6 Å². The molecule has 1 fully saturated rings. The Morgan fingerprint density at radius 3 is 2.55 bits per heavy atom. The molecule has 0 unspecified atom stereocenters. The summed E-state index contributed by atoms with van der Waals surface area (Å²) in [5.74, 6) is 0.219. The zero-order chi connectivity index (χ0) is 27.1. The second-order valence-electron chi connectivity index (χ2n) is 9.21. The lowest BCUT2D eigenvalue weighted by molar-refractivity contribution is -0.384. The summed E-state index contributed by atoms with van der Waals surface area (Å²) < 4.78 is 21.7. The number of nitrogens with zero attached hydrogens (tertiary/aromatic N) is 4. The molecule has 0 aliphatic carbocycles. The number of hydrogen-bond donors (Lipinski definition) is 1. The molecule has 0 bridgehead atoms. The fourth-order valence-corrected chi connectivity index (χ4v) is 5.50. The Kier molecular flexibility index (Phi) is 6.58. The summed E-state index contributed by atoms with van der Waals surface area (Å²) >= 11 is 5.81. The van der Waals surface area contributed by atoms with Crippen molar-refractivity contribution < 1.29 is 14.1 Å². The van der Waals surface area contributed by atoms with Gasteiger partial charge in [0.25, 0.3) is 5.69 Å². The first-order valence-corrected chi connectivity index (χ1v) is 12.4. The highest BCUT2D eigenvalue weighted by molar-refractivity contribution is 7.80. The quantitative estimate of drug-likeness (QED) is 0.185. The van der Waals surface area contributed by atoms with Crippen molar-refractivity contribution in [3.63, 3.8) is 0 Å². The van der Waals surface area contributed by atoms with Gasteiger partial charge in [-0.25, -0.2) is 4.39 Å². The third-order valence-corrected chi connectivity index (χ3v) is 7.24. The van der Waals surface area contributed by atoms with Gasteiger partial charge >= 0.3 is 0 Å². The van der Waals surface area contributed by atoms with Crippen molar-refractivity contribution in [3.05, 3.63) is 111 Å². The van der Waals surface area contributed by atoms with Gasteiger partial charge in [-0.2, -0.15) is 0 Å². The van der Waals surface area contributed by atoms with E-state index >= 15 is 0 Å². The van der Waals surface area contributed by atoms with E-state index < -0.39 is 4.92 Å². The number of nitrogens with one attached hydrogen (secondary N) is 1. The van der Waals surface area contributed by atoms with Crippen LogP contribution in [0.3, 0.4) is 0 Å². The van der Waals surface area contributed by atoms with Gasteiger partial charge in [-0.15, -0.1) is 0 Å². The van der Waals surface area contributed by atoms with Crippen molar-refractivity contribution in [3.8, 4) is 11.4 Å². The lowest BCUT2D eigenvalue weighted by Gasteiger charge is -2.28. The smallest absolute Gasteiger partial charge is 0.271 e. The standard InChI is InChI=1S/C28H26FN5O3S/c1-16-13-19(8-10-22(16)29)33-27(26(31-28(33)38)23-7-5-6-12-30-23)21-14-17(2)32(18(21)3)24-15-20(34(35)36)9-11-25(24)37-4/h5-15,26-27H,1-4H3,(H,31,38)/t26-,27+/m1/s1. The average Bonchev–Trinajstić information content (AvgIpc) is 3.40. The summed E-state index contributed by atoms with van der Waals surface area (Å²) in [6.07, 6.45) is 1.74. The first-order valence-electron chi connectivity index (χ1n) is 12.0. The van der Waals surface area contributed by atoms with E-state index in [-0.39, 0.29) is 23.6 Å². The van der Waals surface area contributed by atoms with Crippen LogP contribution in [-0.4, -0.2) is 26.7 Å². The summed E-state index contributed by atoms with van der Waals surface area (Å²) in [7, 11) is 1.54. The van der Waals surface area contributed by atoms with Crippen molar-refractivity contribution >= 4 is 28.7 Å². The van der Waals surface area contributed by atoms with Crippen molar-refractivity contribution in [2.45, 2.75) is 32.9 Å². The number of aryl methyl sites for hydroxylation is 2. The fourth-order valence-electron chi connectivity index (χ4n) is 5.15. The van der Waals surface area contributed by atoms with Gasteiger partial charge < -0.3 is 19.5 Å². The molecule has 8 nitrogen and oxygen atoms in total. The second-order valence-corrected chi connectivity index (χ2v) is 9.59. The highest BCUT2D eigenvalue weighted by Crippen LogP contribution is 2.44. The number of pyridine rings is 1. The Bertz CT molecular complexity index is 1560. The van der Waals surface area contributed by atoms with E-state index in [1.165, 1.54) is 25.3 Å². The first kappa shape index (κ1) is 25.3. The van der Waals surface area contributed by atoms with Crippen LogP contribution in [0.5, 0.6) is 5.75 Å². The molecule has 0 spiro atoms. The topological polar surface area (TPSA) is 85.5 Å². The fraction of sp³-hybridized carbons (Fsp3) is 0.214. The number of hydrogen-bond acceptors (Lipinski definition) is 5. The number of nitro groups is 1. The first-order chi connectivity index (χ1) is 18.2. The SMILES string of the molecule is COc1ccc([N+](=O)[O-])cc1-n1c(C)cc([C@H]2[C@@H](c3ccccn3)NC(=S)N2c2ccc(F)c(C)c2)c1C. The normalized spacial score (nSPS) is 17.0. The van der Waals surface area contributed by atoms with Crippen molar-refractivity contribution in [2.75, 3.05) is 12.0 Å². The van der Waals surface area contributed by atoms with Crippen molar-refractivity contribution in [1.82, 2.24) is 14.9 Å². The van der Waals surface area contributed by atoms with Gasteiger partial charge in [0, 0.05) is 35.4 Å². The summed E-state index contributed by atoms with van der Waals surface area (Å²) in [5, 5.41) is 15.5. The summed E-state index contributed by atoms with van der Waals surface area (Å²) in [5.41, 5.74) is 5.27. The van der Waals surface area contributed by atoms with Gasteiger partial charge in [-0.3, -0.25) is 15.1 Å². The van der Waals surface area contributed by atoms with Gasteiger partial charge in [0.1, 0.15) is 11.6 Å². The minimum absolute atomic E-state index is 0.0339. The Hall–Kier alpha value is -4.31. The Morgan fingerprint density at radius 2 is 1.89 bits per heavy atom. The zero-order valence-electron chi connectivity index (χ0n) is 21.3. The molecule has 1 aliphatic rings. The van der Waals surface area contributed by atoms with E-state index in [0.29, 0.717) is 22.1 Å². The largest absolute Gasteiger partial charge is 0.495 e. The summed E-state index contributed by atoms with van der Waals surface area (Å²) in [4.78, 5) is 17.7. The Balaban J connectivity index is 1.71. The molecule has 2 aromatic heterocycles. The number of anilines is 1. The molecular weight excluding hydrogens is 505 g/mol. The molecular formula is C28H26FN5O3S. The van der Waals surface area contributed by atoms with Crippen LogP contribution in [-0.2, 0) is 0 Å². The number of halogens is 1. The molecule has 1 aliphatic heterocycles. The molecule has 2 aromatic carbocycles. The maximum atomic E-state index is 14.2. The van der Waals surface area contributed by atoms with E-state index in [1.54, 1.807) is 31.3 Å².